The van der Waals surface area contributed by atoms with E-state index in [0.29, 0.717) is 48.2 Å². The highest BCUT2D eigenvalue weighted by atomic mass is 16.5. The van der Waals surface area contributed by atoms with Crippen LogP contribution in [0.4, 0.5) is 0 Å². The van der Waals surface area contributed by atoms with Crippen molar-refractivity contribution in [3.05, 3.63) is 35.9 Å². The SMILES string of the molecule is C=C(C)C(=O)NCC1CCN(C(=O)c2ccc(OC)c(OC)c2)CC1. The summed E-state index contributed by atoms with van der Waals surface area (Å²) in [5.41, 5.74) is 1.10. The monoisotopic (exact) mass is 346 g/mol. The van der Waals surface area contributed by atoms with Gasteiger partial charge < -0.3 is 19.7 Å². The van der Waals surface area contributed by atoms with E-state index < -0.39 is 0 Å². The van der Waals surface area contributed by atoms with Crippen LogP contribution in [0.25, 0.3) is 0 Å². The van der Waals surface area contributed by atoms with Gasteiger partial charge in [-0.25, -0.2) is 0 Å². The number of likely N-dealkylation sites (tertiary alicyclic amines) is 1. The van der Waals surface area contributed by atoms with Crippen LogP contribution in [0.1, 0.15) is 30.1 Å². The van der Waals surface area contributed by atoms with Gasteiger partial charge in [-0.1, -0.05) is 6.58 Å². The molecule has 2 rings (SSSR count). The number of carbonyl (C=O) groups excluding carboxylic acids is 2. The Labute approximate surface area is 148 Å². The average Bonchev–Trinajstić information content (AvgIpc) is 2.65. The van der Waals surface area contributed by atoms with E-state index in [1.54, 1.807) is 39.3 Å². The molecule has 0 aliphatic carbocycles. The molecule has 2 amide bonds. The normalized spacial score (nSPS) is 14.8. The van der Waals surface area contributed by atoms with Gasteiger partial charge in [-0.3, -0.25) is 9.59 Å². The summed E-state index contributed by atoms with van der Waals surface area (Å²) in [6.45, 7) is 7.32. The Kier molecular flexibility index (Phi) is 6.44. The maximum Gasteiger partial charge on any atom is 0.253 e. The predicted octanol–water partition coefficient (Wildman–Crippen LogP) is 2.25. The number of carbonyl (C=O) groups is 2. The van der Waals surface area contributed by atoms with Crippen LogP contribution >= 0.6 is 0 Å². The summed E-state index contributed by atoms with van der Waals surface area (Å²) in [6.07, 6.45) is 1.74. The lowest BCUT2D eigenvalue weighted by molar-refractivity contribution is -0.117. The predicted molar refractivity (Wildman–Crippen MR) is 96.0 cm³/mol. The first kappa shape index (κ1) is 18.8. The molecule has 1 aliphatic heterocycles. The molecule has 1 aliphatic rings. The van der Waals surface area contributed by atoms with Crippen LogP contribution in [0, 0.1) is 5.92 Å². The summed E-state index contributed by atoms with van der Waals surface area (Å²) in [6, 6.07) is 5.20. The largest absolute Gasteiger partial charge is 0.493 e. The van der Waals surface area contributed by atoms with Gasteiger partial charge in [0, 0.05) is 30.8 Å². The van der Waals surface area contributed by atoms with Gasteiger partial charge in [0.1, 0.15) is 0 Å². The van der Waals surface area contributed by atoms with Crippen molar-refractivity contribution in [3.63, 3.8) is 0 Å². The van der Waals surface area contributed by atoms with E-state index in [4.69, 9.17) is 9.47 Å². The maximum absolute atomic E-state index is 12.7. The number of rotatable bonds is 6. The van der Waals surface area contributed by atoms with Crippen molar-refractivity contribution >= 4 is 11.8 Å². The summed E-state index contributed by atoms with van der Waals surface area (Å²) < 4.78 is 10.5. The highest BCUT2D eigenvalue weighted by Crippen LogP contribution is 2.28. The third kappa shape index (κ3) is 4.75. The lowest BCUT2D eigenvalue weighted by atomic mass is 9.96. The van der Waals surface area contributed by atoms with Crippen LogP contribution in [0.2, 0.25) is 0 Å². The molecule has 6 heteroatoms. The maximum atomic E-state index is 12.7. The minimum absolute atomic E-state index is 0.00891. The smallest absolute Gasteiger partial charge is 0.253 e. The van der Waals surface area contributed by atoms with Crippen molar-refractivity contribution in [2.45, 2.75) is 19.8 Å². The minimum atomic E-state index is -0.108. The van der Waals surface area contributed by atoms with Gasteiger partial charge in [0.05, 0.1) is 14.2 Å². The number of nitrogens with zero attached hydrogens (tertiary/aromatic N) is 1. The lowest BCUT2D eigenvalue weighted by Gasteiger charge is -2.32. The van der Waals surface area contributed by atoms with E-state index in [0.717, 1.165) is 12.8 Å². The van der Waals surface area contributed by atoms with Crippen molar-refractivity contribution in [1.29, 1.82) is 0 Å². The van der Waals surface area contributed by atoms with Gasteiger partial charge in [-0.15, -0.1) is 0 Å². The third-order valence-corrected chi connectivity index (χ3v) is 4.47. The van der Waals surface area contributed by atoms with Gasteiger partial charge in [0.2, 0.25) is 5.91 Å². The fourth-order valence-corrected chi connectivity index (χ4v) is 2.88. The fraction of sp³-hybridized carbons (Fsp3) is 0.474. The second-order valence-corrected chi connectivity index (χ2v) is 6.30. The Hall–Kier alpha value is -2.50. The highest BCUT2D eigenvalue weighted by molar-refractivity contribution is 5.95. The van der Waals surface area contributed by atoms with Crippen molar-refractivity contribution in [3.8, 4) is 11.5 Å². The number of hydrogen-bond donors (Lipinski definition) is 1. The number of nitrogens with one attached hydrogen (secondary N) is 1. The number of benzene rings is 1. The van der Waals surface area contributed by atoms with Crippen LogP contribution in [-0.4, -0.2) is 50.6 Å². The lowest BCUT2D eigenvalue weighted by Crippen LogP contribution is -2.41. The van der Waals surface area contributed by atoms with Crippen molar-refractivity contribution in [1.82, 2.24) is 10.2 Å². The average molecular weight is 346 g/mol. The molecule has 0 unspecified atom stereocenters. The van der Waals surface area contributed by atoms with E-state index in [1.807, 2.05) is 4.90 Å². The number of methoxy groups -OCH3 is 2. The molecule has 0 spiro atoms. The van der Waals surface area contributed by atoms with Gasteiger partial charge in [0.15, 0.2) is 11.5 Å². The molecule has 6 nitrogen and oxygen atoms in total. The van der Waals surface area contributed by atoms with Crippen LogP contribution in [0.5, 0.6) is 11.5 Å². The van der Waals surface area contributed by atoms with Crippen molar-refractivity contribution in [2.24, 2.45) is 5.92 Å². The topological polar surface area (TPSA) is 67.9 Å². The molecule has 1 N–H and O–H groups in total. The first-order valence-corrected chi connectivity index (χ1v) is 8.41. The number of ether oxygens (including phenoxy) is 2. The summed E-state index contributed by atoms with van der Waals surface area (Å²) in [5, 5.41) is 2.88. The van der Waals surface area contributed by atoms with Crippen molar-refractivity contribution < 1.29 is 19.1 Å². The zero-order valence-electron chi connectivity index (χ0n) is 15.1. The fourth-order valence-electron chi connectivity index (χ4n) is 2.88. The summed E-state index contributed by atoms with van der Waals surface area (Å²) in [5.74, 6) is 1.42. The Bertz CT molecular complexity index is 649. The molecule has 1 aromatic rings. The van der Waals surface area contributed by atoms with E-state index >= 15 is 0 Å². The molecular weight excluding hydrogens is 320 g/mol. The quantitative estimate of drug-likeness (QED) is 0.802. The molecular formula is C19H26N2O4. The summed E-state index contributed by atoms with van der Waals surface area (Å²) in [7, 11) is 3.12. The van der Waals surface area contributed by atoms with Gasteiger partial charge in [-0.2, -0.15) is 0 Å². The molecule has 0 aromatic heterocycles. The number of piperidine rings is 1. The molecule has 1 heterocycles. The van der Waals surface area contributed by atoms with E-state index in [1.165, 1.54) is 0 Å². The molecule has 25 heavy (non-hydrogen) atoms. The molecule has 0 radical (unpaired) electrons. The number of hydrogen-bond acceptors (Lipinski definition) is 4. The van der Waals surface area contributed by atoms with Crippen molar-refractivity contribution in [2.75, 3.05) is 33.9 Å². The standard InChI is InChI=1S/C19H26N2O4/c1-13(2)18(22)20-12-14-7-9-21(10-8-14)19(23)15-5-6-16(24-3)17(11-15)25-4/h5-6,11,14H,1,7-10,12H2,2-4H3,(H,20,22). The van der Waals surface area contributed by atoms with E-state index in [9.17, 15) is 9.59 Å². The molecule has 1 aromatic carbocycles. The zero-order valence-corrected chi connectivity index (χ0v) is 15.1. The molecule has 1 saturated heterocycles. The van der Waals surface area contributed by atoms with Gasteiger partial charge >= 0.3 is 0 Å². The summed E-state index contributed by atoms with van der Waals surface area (Å²) >= 11 is 0. The summed E-state index contributed by atoms with van der Waals surface area (Å²) in [4.78, 5) is 26.1. The second-order valence-electron chi connectivity index (χ2n) is 6.30. The highest BCUT2D eigenvalue weighted by Gasteiger charge is 2.24. The van der Waals surface area contributed by atoms with E-state index in [-0.39, 0.29) is 11.8 Å². The second kappa shape index (κ2) is 8.55. The first-order valence-electron chi connectivity index (χ1n) is 8.41. The molecule has 0 saturated carbocycles. The molecule has 136 valence electrons. The van der Waals surface area contributed by atoms with Gasteiger partial charge in [0.25, 0.3) is 5.91 Å². The molecule has 0 atom stereocenters. The molecule has 0 bridgehead atoms. The van der Waals surface area contributed by atoms with Crippen LogP contribution in [0.15, 0.2) is 30.4 Å². The van der Waals surface area contributed by atoms with Crippen LogP contribution in [0.3, 0.4) is 0 Å². The Balaban J connectivity index is 1.91. The van der Waals surface area contributed by atoms with Crippen LogP contribution in [-0.2, 0) is 4.79 Å². The first-order chi connectivity index (χ1) is 12.0. The minimum Gasteiger partial charge on any atom is -0.493 e. The van der Waals surface area contributed by atoms with Gasteiger partial charge in [-0.05, 0) is 43.9 Å². The Morgan fingerprint density at radius 3 is 2.40 bits per heavy atom. The number of amides is 2. The Morgan fingerprint density at radius 1 is 1.20 bits per heavy atom. The van der Waals surface area contributed by atoms with Crippen LogP contribution < -0.4 is 14.8 Å². The third-order valence-electron chi connectivity index (χ3n) is 4.47. The molecule has 1 fully saturated rings. The van der Waals surface area contributed by atoms with E-state index in [2.05, 4.69) is 11.9 Å². The Morgan fingerprint density at radius 2 is 1.84 bits per heavy atom. The zero-order chi connectivity index (χ0) is 18.4.